The Hall–Kier alpha value is -1.06. The maximum absolute atomic E-state index is 11.1. The maximum Gasteiger partial charge on any atom is 0.220 e. The van der Waals surface area contributed by atoms with Gasteiger partial charge in [-0.2, -0.15) is 0 Å². The molecule has 16 heavy (non-hydrogen) atoms. The van der Waals surface area contributed by atoms with Gasteiger partial charge in [-0.25, -0.2) is 0 Å². The van der Waals surface area contributed by atoms with Gasteiger partial charge in [0.05, 0.1) is 0 Å². The van der Waals surface area contributed by atoms with Crippen LogP contribution in [0.1, 0.15) is 58.3 Å². The summed E-state index contributed by atoms with van der Waals surface area (Å²) in [4.78, 5) is 21.7. The molecule has 0 aromatic rings. The van der Waals surface area contributed by atoms with E-state index in [2.05, 4.69) is 6.92 Å². The van der Waals surface area contributed by atoms with Gasteiger partial charge in [0.2, 0.25) is 11.8 Å². The van der Waals surface area contributed by atoms with E-state index >= 15 is 0 Å². The van der Waals surface area contributed by atoms with Crippen molar-refractivity contribution in [1.82, 2.24) is 0 Å². The zero-order valence-electron chi connectivity index (χ0n) is 10.2. The lowest BCUT2D eigenvalue weighted by atomic mass is 9.94. The lowest BCUT2D eigenvalue weighted by Crippen LogP contribution is -2.23. The summed E-state index contributed by atoms with van der Waals surface area (Å²) < 4.78 is 0. The average molecular weight is 228 g/mol. The van der Waals surface area contributed by atoms with Crippen LogP contribution >= 0.6 is 0 Å². The van der Waals surface area contributed by atoms with Crippen molar-refractivity contribution in [3.8, 4) is 0 Å². The molecule has 0 spiro atoms. The second-order valence-electron chi connectivity index (χ2n) is 4.31. The van der Waals surface area contributed by atoms with Crippen LogP contribution < -0.4 is 11.5 Å². The molecule has 4 nitrogen and oxygen atoms in total. The van der Waals surface area contributed by atoms with Crippen LogP contribution in [0.4, 0.5) is 0 Å². The molecule has 0 bridgehead atoms. The summed E-state index contributed by atoms with van der Waals surface area (Å²) in [6, 6.07) is 0. The average Bonchev–Trinajstić information content (AvgIpc) is 2.20. The fraction of sp³-hybridized carbons (Fsp3) is 0.833. The molecule has 0 aliphatic heterocycles. The highest BCUT2D eigenvalue weighted by Gasteiger charge is 2.14. The third kappa shape index (κ3) is 8.26. The lowest BCUT2D eigenvalue weighted by Gasteiger charge is -2.12. The van der Waals surface area contributed by atoms with Gasteiger partial charge in [-0.05, 0) is 19.3 Å². The Morgan fingerprint density at radius 2 is 1.62 bits per heavy atom. The molecule has 0 saturated heterocycles. The van der Waals surface area contributed by atoms with E-state index in [1.54, 1.807) is 0 Å². The SMILES string of the molecule is CCCCCCC(CCCC(N)=O)C(N)=O. The van der Waals surface area contributed by atoms with Gasteiger partial charge in [0.15, 0.2) is 0 Å². The first kappa shape index (κ1) is 14.9. The van der Waals surface area contributed by atoms with Crippen LogP contribution in [0.3, 0.4) is 0 Å². The fourth-order valence-corrected chi connectivity index (χ4v) is 1.77. The smallest absolute Gasteiger partial charge is 0.220 e. The Bertz CT molecular complexity index is 217. The number of unbranched alkanes of at least 4 members (excludes halogenated alkanes) is 3. The number of rotatable bonds is 10. The molecule has 4 N–H and O–H groups in total. The highest BCUT2D eigenvalue weighted by Crippen LogP contribution is 2.16. The summed E-state index contributed by atoms with van der Waals surface area (Å²) in [5.41, 5.74) is 10.4. The van der Waals surface area contributed by atoms with E-state index in [4.69, 9.17) is 11.5 Å². The van der Waals surface area contributed by atoms with Crippen molar-refractivity contribution in [3.05, 3.63) is 0 Å². The normalized spacial score (nSPS) is 12.3. The Morgan fingerprint density at radius 3 is 2.12 bits per heavy atom. The van der Waals surface area contributed by atoms with E-state index < -0.39 is 0 Å². The molecule has 4 heteroatoms. The summed E-state index contributed by atoms with van der Waals surface area (Å²) in [6.07, 6.45) is 7.11. The number of amides is 2. The number of carbonyl (C=O) groups excluding carboxylic acids is 2. The Morgan fingerprint density at radius 1 is 1.00 bits per heavy atom. The van der Waals surface area contributed by atoms with Gasteiger partial charge in [0.25, 0.3) is 0 Å². The first-order valence-electron chi connectivity index (χ1n) is 6.15. The summed E-state index contributed by atoms with van der Waals surface area (Å²) in [5.74, 6) is -0.647. The molecule has 0 saturated carbocycles. The minimum atomic E-state index is -0.311. The molecule has 1 unspecified atom stereocenters. The second-order valence-corrected chi connectivity index (χ2v) is 4.31. The third-order valence-corrected chi connectivity index (χ3v) is 2.78. The fourth-order valence-electron chi connectivity index (χ4n) is 1.77. The molecule has 0 aromatic heterocycles. The van der Waals surface area contributed by atoms with Gasteiger partial charge < -0.3 is 11.5 Å². The first-order valence-corrected chi connectivity index (χ1v) is 6.15. The van der Waals surface area contributed by atoms with Gasteiger partial charge in [-0.3, -0.25) is 9.59 Å². The van der Waals surface area contributed by atoms with Crippen molar-refractivity contribution in [2.45, 2.75) is 58.3 Å². The van der Waals surface area contributed by atoms with Gasteiger partial charge in [-0.15, -0.1) is 0 Å². The van der Waals surface area contributed by atoms with E-state index in [-0.39, 0.29) is 17.7 Å². The molecule has 0 radical (unpaired) electrons. The van der Waals surface area contributed by atoms with Crippen LogP contribution in [0.5, 0.6) is 0 Å². The first-order chi connectivity index (χ1) is 7.57. The third-order valence-electron chi connectivity index (χ3n) is 2.78. The Balaban J connectivity index is 3.71. The number of hydrogen-bond donors (Lipinski definition) is 2. The van der Waals surface area contributed by atoms with Crippen molar-refractivity contribution in [2.75, 3.05) is 0 Å². The van der Waals surface area contributed by atoms with Crippen LogP contribution in [-0.4, -0.2) is 11.8 Å². The number of carbonyl (C=O) groups is 2. The molecule has 1 atom stereocenters. The molecule has 0 aliphatic rings. The summed E-state index contributed by atoms with van der Waals surface area (Å²) in [5, 5.41) is 0. The van der Waals surface area contributed by atoms with Crippen molar-refractivity contribution in [3.63, 3.8) is 0 Å². The molecule has 0 aromatic carbocycles. The molecule has 2 amide bonds. The molecule has 0 aliphatic carbocycles. The van der Waals surface area contributed by atoms with Crippen LogP contribution in [0.2, 0.25) is 0 Å². The van der Waals surface area contributed by atoms with Crippen LogP contribution in [0.25, 0.3) is 0 Å². The van der Waals surface area contributed by atoms with E-state index in [1.807, 2.05) is 0 Å². The summed E-state index contributed by atoms with van der Waals surface area (Å²) in [6.45, 7) is 2.15. The molecule has 0 fully saturated rings. The van der Waals surface area contributed by atoms with E-state index in [9.17, 15) is 9.59 Å². The van der Waals surface area contributed by atoms with E-state index in [0.717, 1.165) is 19.3 Å². The topological polar surface area (TPSA) is 86.2 Å². The Labute approximate surface area is 97.8 Å². The minimum absolute atomic E-state index is 0.0868. The molecular weight excluding hydrogens is 204 g/mol. The van der Waals surface area contributed by atoms with E-state index in [1.165, 1.54) is 12.8 Å². The number of nitrogens with two attached hydrogens (primary N) is 2. The zero-order chi connectivity index (χ0) is 12.4. The van der Waals surface area contributed by atoms with Gasteiger partial charge >= 0.3 is 0 Å². The van der Waals surface area contributed by atoms with Crippen molar-refractivity contribution in [1.29, 1.82) is 0 Å². The van der Waals surface area contributed by atoms with Gasteiger partial charge in [0, 0.05) is 12.3 Å². The predicted octanol–water partition coefficient (Wildman–Crippen LogP) is 1.71. The van der Waals surface area contributed by atoms with Crippen molar-refractivity contribution < 1.29 is 9.59 Å². The highest BCUT2D eigenvalue weighted by atomic mass is 16.1. The largest absolute Gasteiger partial charge is 0.370 e. The Kier molecular flexibility index (Phi) is 8.58. The molecule has 0 rings (SSSR count). The number of hydrogen-bond acceptors (Lipinski definition) is 2. The lowest BCUT2D eigenvalue weighted by molar-refractivity contribution is -0.123. The van der Waals surface area contributed by atoms with Crippen LogP contribution in [0.15, 0.2) is 0 Å². The molecule has 94 valence electrons. The standard InChI is InChI=1S/C12H24N2O2/c1-2-3-4-5-7-10(12(14)16)8-6-9-11(13)15/h10H,2-9H2,1H3,(H2,13,15)(H2,14,16). The van der Waals surface area contributed by atoms with Gasteiger partial charge in [-0.1, -0.05) is 32.6 Å². The second kappa shape index (κ2) is 9.19. The van der Waals surface area contributed by atoms with E-state index in [0.29, 0.717) is 19.3 Å². The predicted molar refractivity (Wildman–Crippen MR) is 64.5 cm³/mol. The van der Waals surface area contributed by atoms with Crippen LogP contribution in [0, 0.1) is 5.92 Å². The van der Waals surface area contributed by atoms with Crippen molar-refractivity contribution in [2.24, 2.45) is 17.4 Å². The zero-order valence-corrected chi connectivity index (χ0v) is 10.2. The van der Waals surface area contributed by atoms with Gasteiger partial charge in [0.1, 0.15) is 0 Å². The summed E-state index contributed by atoms with van der Waals surface area (Å²) >= 11 is 0. The quantitative estimate of drug-likeness (QED) is 0.558. The summed E-state index contributed by atoms with van der Waals surface area (Å²) in [7, 11) is 0. The monoisotopic (exact) mass is 228 g/mol. The van der Waals surface area contributed by atoms with Crippen molar-refractivity contribution >= 4 is 11.8 Å². The highest BCUT2D eigenvalue weighted by molar-refractivity contribution is 5.77. The molecular formula is C12H24N2O2. The minimum Gasteiger partial charge on any atom is -0.370 e. The maximum atomic E-state index is 11.1. The van der Waals surface area contributed by atoms with Crippen LogP contribution in [-0.2, 0) is 9.59 Å². The molecule has 0 heterocycles. The number of primary amides is 2.